The van der Waals surface area contributed by atoms with Gasteiger partial charge < -0.3 is 9.84 Å². The molecule has 0 fully saturated rings. The van der Waals surface area contributed by atoms with Gasteiger partial charge in [-0.05, 0) is 25.0 Å². The van der Waals surface area contributed by atoms with E-state index in [9.17, 15) is 9.90 Å². The lowest BCUT2D eigenvalue weighted by atomic mass is 10.1. The quantitative estimate of drug-likeness (QED) is 0.910. The van der Waals surface area contributed by atoms with Crippen LogP contribution in [0.4, 0.5) is 0 Å². The zero-order valence-electron chi connectivity index (χ0n) is 11.9. The van der Waals surface area contributed by atoms with Crippen LogP contribution in [0.5, 0.6) is 5.75 Å². The number of aromatic carboxylic acids is 1. The van der Waals surface area contributed by atoms with Crippen LogP contribution in [0, 0.1) is 0 Å². The second-order valence-corrected chi connectivity index (χ2v) is 4.39. The minimum atomic E-state index is -0.923. The predicted molar refractivity (Wildman–Crippen MR) is 75.8 cm³/mol. The van der Waals surface area contributed by atoms with Crippen molar-refractivity contribution in [2.45, 2.75) is 26.7 Å². The van der Waals surface area contributed by atoms with Gasteiger partial charge in [-0.15, -0.1) is 0 Å². The van der Waals surface area contributed by atoms with Gasteiger partial charge in [-0.1, -0.05) is 19.9 Å². The Balaban J connectivity index is 2.64. The van der Waals surface area contributed by atoms with E-state index in [0.29, 0.717) is 29.8 Å². The number of aromatic nitrogens is 2. The number of nitrogens with zero attached hydrogens (tertiary/aromatic N) is 2. The molecule has 0 unspecified atom stereocenters. The predicted octanol–water partition coefficient (Wildman–Crippen LogP) is 2.70. The maximum Gasteiger partial charge on any atom is 0.339 e. The van der Waals surface area contributed by atoms with Crippen molar-refractivity contribution in [3.8, 4) is 11.4 Å². The Kier molecular flexibility index (Phi) is 4.08. The summed E-state index contributed by atoms with van der Waals surface area (Å²) in [4.78, 5) is 11.5. The monoisotopic (exact) mass is 274 g/mol. The highest BCUT2D eigenvalue weighted by atomic mass is 16.5. The van der Waals surface area contributed by atoms with Crippen molar-refractivity contribution in [3.63, 3.8) is 0 Å². The second kappa shape index (κ2) is 5.77. The lowest BCUT2D eigenvalue weighted by Gasteiger charge is -2.08. The number of hydrogen-bond donors (Lipinski definition) is 1. The standard InChI is InChI=1S/C15H18N2O3/c1-4-12-14(15(18)19)13(5-2)17(16-12)10-7-6-8-11(9-10)20-3/h6-9H,4-5H2,1-3H3,(H,18,19). The van der Waals surface area contributed by atoms with Gasteiger partial charge in [0, 0.05) is 6.07 Å². The van der Waals surface area contributed by atoms with E-state index in [4.69, 9.17) is 4.74 Å². The molecular weight excluding hydrogens is 256 g/mol. The molecule has 20 heavy (non-hydrogen) atoms. The van der Waals surface area contributed by atoms with Gasteiger partial charge in [-0.2, -0.15) is 5.10 Å². The zero-order chi connectivity index (χ0) is 14.7. The Morgan fingerprint density at radius 3 is 2.65 bits per heavy atom. The highest BCUT2D eigenvalue weighted by molar-refractivity contribution is 5.90. The molecule has 0 aliphatic rings. The lowest BCUT2D eigenvalue weighted by Crippen LogP contribution is -2.06. The molecule has 0 spiro atoms. The number of hydrogen-bond acceptors (Lipinski definition) is 3. The molecule has 0 aliphatic heterocycles. The molecule has 1 heterocycles. The first-order valence-corrected chi connectivity index (χ1v) is 6.60. The summed E-state index contributed by atoms with van der Waals surface area (Å²) in [5.74, 6) is -0.206. The summed E-state index contributed by atoms with van der Waals surface area (Å²) < 4.78 is 6.90. The average molecular weight is 274 g/mol. The van der Waals surface area contributed by atoms with E-state index in [2.05, 4.69) is 5.10 Å². The van der Waals surface area contributed by atoms with E-state index < -0.39 is 5.97 Å². The summed E-state index contributed by atoms with van der Waals surface area (Å²) in [7, 11) is 1.60. The minimum Gasteiger partial charge on any atom is -0.497 e. The molecule has 1 aromatic carbocycles. The van der Waals surface area contributed by atoms with Crippen LogP contribution in [0.3, 0.4) is 0 Å². The third-order valence-corrected chi connectivity index (χ3v) is 3.24. The molecule has 1 N–H and O–H groups in total. The molecular formula is C15H18N2O3. The molecule has 106 valence electrons. The Hall–Kier alpha value is -2.30. The number of ether oxygens (including phenoxy) is 1. The highest BCUT2D eigenvalue weighted by Gasteiger charge is 2.21. The highest BCUT2D eigenvalue weighted by Crippen LogP contribution is 2.23. The van der Waals surface area contributed by atoms with Crippen molar-refractivity contribution in [2.75, 3.05) is 7.11 Å². The summed E-state index contributed by atoms with van der Waals surface area (Å²) in [6, 6.07) is 7.44. The fraction of sp³-hybridized carbons (Fsp3) is 0.333. The maximum atomic E-state index is 11.5. The van der Waals surface area contributed by atoms with Gasteiger partial charge in [0.15, 0.2) is 0 Å². The van der Waals surface area contributed by atoms with Crippen LogP contribution in [-0.4, -0.2) is 28.0 Å². The number of benzene rings is 1. The summed E-state index contributed by atoms with van der Waals surface area (Å²) in [5.41, 5.74) is 2.45. The van der Waals surface area contributed by atoms with E-state index in [1.54, 1.807) is 11.8 Å². The zero-order valence-corrected chi connectivity index (χ0v) is 11.9. The van der Waals surface area contributed by atoms with Gasteiger partial charge in [0.05, 0.1) is 24.2 Å². The van der Waals surface area contributed by atoms with Crippen LogP contribution in [0.25, 0.3) is 5.69 Å². The number of carbonyl (C=O) groups is 1. The average Bonchev–Trinajstić information content (AvgIpc) is 2.86. The second-order valence-electron chi connectivity index (χ2n) is 4.39. The topological polar surface area (TPSA) is 64.4 Å². The lowest BCUT2D eigenvalue weighted by molar-refractivity contribution is 0.0694. The third-order valence-electron chi connectivity index (χ3n) is 3.24. The van der Waals surface area contributed by atoms with E-state index in [-0.39, 0.29) is 0 Å². The largest absolute Gasteiger partial charge is 0.497 e. The van der Waals surface area contributed by atoms with Gasteiger partial charge in [0.25, 0.3) is 0 Å². The van der Waals surface area contributed by atoms with Gasteiger partial charge in [-0.3, -0.25) is 0 Å². The van der Waals surface area contributed by atoms with E-state index >= 15 is 0 Å². The van der Waals surface area contributed by atoms with E-state index in [1.165, 1.54) is 0 Å². The summed E-state index contributed by atoms with van der Waals surface area (Å²) in [5, 5.41) is 13.8. The molecule has 2 rings (SSSR count). The van der Waals surface area contributed by atoms with Crippen molar-refractivity contribution in [3.05, 3.63) is 41.2 Å². The first kappa shape index (κ1) is 14.1. The molecule has 1 aromatic heterocycles. The number of rotatable bonds is 5. The summed E-state index contributed by atoms with van der Waals surface area (Å²) in [6.45, 7) is 3.84. The number of aryl methyl sites for hydroxylation is 1. The van der Waals surface area contributed by atoms with Crippen molar-refractivity contribution >= 4 is 5.97 Å². The van der Waals surface area contributed by atoms with Crippen molar-refractivity contribution in [1.29, 1.82) is 0 Å². The van der Waals surface area contributed by atoms with Gasteiger partial charge in [0.1, 0.15) is 11.3 Å². The number of carboxylic acids is 1. The van der Waals surface area contributed by atoms with Crippen LogP contribution in [-0.2, 0) is 12.8 Å². The molecule has 0 saturated heterocycles. The third kappa shape index (κ3) is 2.39. The molecule has 5 heteroatoms. The molecule has 0 aliphatic carbocycles. The summed E-state index contributed by atoms with van der Waals surface area (Å²) >= 11 is 0. The molecule has 0 atom stereocenters. The van der Waals surface area contributed by atoms with Gasteiger partial charge >= 0.3 is 5.97 Å². The Morgan fingerprint density at radius 2 is 2.10 bits per heavy atom. The van der Waals surface area contributed by atoms with Crippen molar-refractivity contribution in [2.24, 2.45) is 0 Å². The Bertz CT molecular complexity index is 632. The van der Waals surface area contributed by atoms with Crippen LogP contribution >= 0.6 is 0 Å². The smallest absolute Gasteiger partial charge is 0.339 e. The van der Waals surface area contributed by atoms with Crippen LogP contribution < -0.4 is 4.74 Å². The number of carboxylic acid groups (broad SMARTS) is 1. The molecule has 0 saturated carbocycles. The van der Waals surface area contributed by atoms with E-state index in [1.807, 2.05) is 38.1 Å². The normalized spacial score (nSPS) is 10.6. The fourth-order valence-corrected chi connectivity index (χ4v) is 2.28. The van der Waals surface area contributed by atoms with Crippen LogP contribution in [0.2, 0.25) is 0 Å². The SMILES string of the molecule is CCc1nn(-c2cccc(OC)c2)c(CC)c1C(=O)O. The van der Waals surface area contributed by atoms with E-state index in [0.717, 1.165) is 11.4 Å². The Morgan fingerprint density at radius 1 is 1.35 bits per heavy atom. The minimum absolute atomic E-state index is 0.317. The van der Waals surface area contributed by atoms with Gasteiger partial charge in [0.2, 0.25) is 0 Å². The molecule has 0 radical (unpaired) electrons. The van der Waals surface area contributed by atoms with Gasteiger partial charge in [-0.25, -0.2) is 9.48 Å². The van der Waals surface area contributed by atoms with Crippen LogP contribution in [0.15, 0.2) is 24.3 Å². The van der Waals surface area contributed by atoms with Crippen molar-refractivity contribution < 1.29 is 14.6 Å². The fourth-order valence-electron chi connectivity index (χ4n) is 2.28. The first-order chi connectivity index (χ1) is 9.62. The molecule has 5 nitrogen and oxygen atoms in total. The first-order valence-electron chi connectivity index (χ1n) is 6.60. The summed E-state index contributed by atoms with van der Waals surface area (Å²) in [6.07, 6.45) is 1.19. The maximum absolute atomic E-state index is 11.5. The van der Waals surface area contributed by atoms with Crippen molar-refractivity contribution in [1.82, 2.24) is 9.78 Å². The molecule has 0 amide bonds. The molecule has 0 bridgehead atoms. The molecule has 2 aromatic rings. The van der Waals surface area contributed by atoms with Crippen LogP contribution in [0.1, 0.15) is 35.6 Å². The number of methoxy groups -OCH3 is 1. The Labute approximate surface area is 117 Å².